The maximum absolute atomic E-state index is 5.47. The summed E-state index contributed by atoms with van der Waals surface area (Å²) in [5.41, 5.74) is 0. The van der Waals surface area contributed by atoms with Gasteiger partial charge in [0.05, 0.1) is 19.5 Å². The van der Waals surface area contributed by atoms with Crippen LogP contribution < -0.4 is 5.32 Å². The number of guanidine groups is 1. The third-order valence-corrected chi connectivity index (χ3v) is 4.74. The first-order valence-electron chi connectivity index (χ1n) is 9.24. The predicted octanol–water partition coefficient (Wildman–Crippen LogP) is 1.58. The van der Waals surface area contributed by atoms with E-state index in [1.807, 2.05) is 12.1 Å². The Morgan fingerprint density at radius 2 is 2.21 bits per heavy atom. The quantitative estimate of drug-likeness (QED) is 0.632. The number of ether oxygens (including phenoxy) is 1. The Balaban J connectivity index is 1.51. The molecule has 0 saturated carbocycles. The number of hydrogen-bond acceptors (Lipinski definition) is 4. The summed E-state index contributed by atoms with van der Waals surface area (Å²) in [5, 5.41) is 3.53. The molecule has 2 fully saturated rings. The van der Waals surface area contributed by atoms with Crippen molar-refractivity contribution in [1.82, 2.24) is 15.1 Å². The molecule has 24 heavy (non-hydrogen) atoms. The van der Waals surface area contributed by atoms with Crippen molar-refractivity contribution in [3.8, 4) is 0 Å². The van der Waals surface area contributed by atoms with Crippen molar-refractivity contribution in [2.45, 2.75) is 32.2 Å². The van der Waals surface area contributed by atoms with Gasteiger partial charge in [-0.2, -0.15) is 0 Å². The average Bonchev–Trinajstić information content (AvgIpc) is 3.30. The zero-order valence-electron chi connectivity index (χ0n) is 14.7. The summed E-state index contributed by atoms with van der Waals surface area (Å²) in [5.74, 6) is 2.07. The number of aliphatic imine (C=N–C) groups is 1. The van der Waals surface area contributed by atoms with Crippen molar-refractivity contribution < 1.29 is 9.15 Å². The molecule has 1 aromatic heterocycles. The Morgan fingerprint density at radius 1 is 1.33 bits per heavy atom. The Bertz CT molecular complexity index is 497. The van der Waals surface area contributed by atoms with Crippen LogP contribution in [0.4, 0.5) is 0 Å². The molecule has 0 aromatic carbocycles. The van der Waals surface area contributed by atoms with Crippen LogP contribution in [-0.4, -0.2) is 74.3 Å². The van der Waals surface area contributed by atoms with E-state index < -0.39 is 0 Å². The molecule has 2 aliphatic heterocycles. The molecule has 0 spiro atoms. The number of morpholine rings is 1. The summed E-state index contributed by atoms with van der Waals surface area (Å²) < 4.78 is 10.9. The van der Waals surface area contributed by atoms with E-state index in [1.165, 1.54) is 6.42 Å². The lowest BCUT2D eigenvalue weighted by atomic mass is 10.2. The van der Waals surface area contributed by atoms with Gasteiger partial charge in [-0.1, -0.05) is 6.92 Å². The molecule has 1 atom stereocenters. The van der Waals surface area contributed by atoms with Crippen molar-refractivity contribution in [3.63, 3.8) is 0 Å². The molecule has 1 unspecified atom stereocenters. The van der Waals surface area contributed by atoms with E-state index in [0.717, 1.165) is 77.0 Å². The van der Waals surface area contributed by atoms with Crippen LogP contribution in [0.5, 0.6) is 0 Å². The van der Waals surface area contributed by atoms with E-state index in [-0.39, 0.29) is 0 Å². The molecule has 0 bridgehead atoms. The molecule has 134 valence electrons. The van der Waals surface area contributed by atoms with Gasteiger partial charge in [-0.15, -0.1) is 0 Å². The summed E-state index contributed by atoms with van der Waals surface area (Å²) in [6.07, 6.45) is 4.91. The van der Waals surface area contributed by atoms with Crippen LogP contribution in [0, 0.1) is 0 Å². The summed E-state index contributed by atoms with van der Waals surface area (Å²) in [6.45, 7) is 9.91. The van der Waals surface area contributed by atoms with Gasteiger partial charge in [-0.05, 0) is 25.0 Å². The fraction of sp³-hybridized carbons (Fsp3) is 0.722. The lowest BCUT2D eigenvalue weighted by Gasteiger charge is -2.32. The first-order chi connectivity index (χ1) is 11.9. The van der Waals surface area contributed by atoms with Crippen LogP contribution in [0.25, 0.3) is 0 Å². The van der Waals surface area contributed by atoms with E-state index in [1.54, 1.807) is 6.26 Å². The molecule has 2 aliphatic rings. The van der Waals surface area contributed by atoms with Crippen LogP contribution in [0.2, 0.25) is 0 Å². The molecule has 1 aromatic rings. The van der Waals surface area contributed by atoms with Crippen molar-refractivity contribution in [2.75, 3.05) is 52.5 Å². The maximum atomic E-state index is 5.47. The maximum Gasteiger partial charge on any atom is 0.193 e. The van der Waals surface area contributed by atoms with Crippen molar-refractivity contribution in [1.29, 1.82) is 0 Å². The van der Waals surface area contributed by atoms with Gasteiger partial charge >= 0.3 is 0 Å². The summed E-state index contributed by atoms with van der Waals surface area (Å²) >= 11 is 0. The van der Waals surface area contributed by atoms with Gasteiger partial charge in [0.25, 0.3) is 0 Å². The van der Waals surface area contributed by atoms with Crippen molar-refractivity contribution >= 4 is 5.96 Å². The fourth-order valence-corrected chi connectivity index (χ4v) is 3.41. The fourth-order valence-electron chi connectivity index (χ4n) is 3.41. The number of rotatable bonds is 6. The average molecular weight is 334 g/mol. The first-order valence-corrected chi connectivity index (χ1v) is 9.24. The number of hydrogen-bond donors (Lipinski definition) is 1. The van der Waals surface area contributed by atoms with Gasteiger partial charge in [-0.25, -0.2) is 0 Å². The molecule has 0 aliphatic carbocycles. The third kappa shape index (κ3) is 4.74. The molecule has 1 N–H and O–H groups in total. The van der Waals surface area contributed by atoms with Gasteiger partial charge in [0, 0.05) is 51.7 Å². The minimum absolute atomic E-state index is 0.632. The molecule has 0 radical (unpaired) electrons. The van der Waals surface area contributed by atoms with Crippen molar-refractivity contribution in [2.24, 2.45) is 4.99 Å². The van der Waals surface area contributed by atoms with Crippen LogP contribution >= 0.6 is 0 Å². The Morgan fingerprint density at radius 3 is 2.96 bits per heavy atom. The largest absolute Gasteiger partial charge is 0.469 e. The van der Waals surface area contributed by atoms with E-state index in [2.05, 4.69) is 22.0 Å². The summed E-state index contributed by atoms with van der Waals surface area (Å²) in [4.78, 5) is 9.77. The van der Waals surface area contributed by atoms with E-state index in [9.17, 15) is 0 Å². The van der Waals surface area contributed by atoms with Crippen LogP contribution in [0.15, 0.2) is 27.8 Å². The zero-order valence-corrected chi connectivity index (χ0v) is 14.7. The second-order valence-corrected chi connectivity index (χ2v) is 6.50. The number of likely N-dealkylation sites (tertiary alicyclic amines) is 1. The van der Waals surface area contributed by atoms with E-state index in [0.29, 0.717) is 6.04 Å². The predicted molar refractivity (Wildman–Crippen MR) is 95.4 cm³/mol. The number of nitrogens with zero attached hydrogens (tertiary/aromatic N) is 3. The van der Waals surface area contributed by atoms with Gasteiger partial charge in [0.2, 0.25) is 0 Å². The Hall–Kier alpha value is -1.53. The lowest BCUT2D eigenvalue weighted by molar-refractivity contribution is 0.0195. The smallest absolute Gasteiger partial charge is 0.193 e. The lowest BCUT2D eigenvalue weighted by Crippen LogP contribution is -2.47. The van der Waals surface area contributed by atoms with E-state index in [4.69, 9.17) is 14.1 Å². The molecule has 6 heteroatoms. The molecule has 3 rings (SSSR count). The second kappa shape index (κ2) is 9.08. The molecular weight excluding hydrogens is 304 g/mol. The molecular formula is C18H30N4O2. The standard InChI is InChI=1S/C18H30N4O2/c1-2-7-19-18(20-8-5-17-4-3-12-24-17)22-9-6-16(15-22)21-10-13-23-14-11-21/h3-4,12,16H,2,5-11,13-15H2,1H3,(H,19,20). The highest BCUT2D eigenvalue weighted by atomic mass is 16.5. The highest BCUT2D eigenvalue weighted by Crippen LogP contribution is 2.17. The SMILES string of the molecule is CCCN=C(NCCc1ccco1)N1CCC(N2CCOCC2)C1. The normalized spacial score (nSPS) is 23.0. The Labute approximate surface area is 144 Å². The van der Waals surface area contributed by atoms with Gasteiger partial charge < -0.3 is 19.4 Å². The van der Waals surface area contributed by atoms with Crippen LogP contribution in [0.3, 0.4) is 0 Å². The monoisotopic (exact) mass is 334 g/mol. The zero-order chi connectivity index (χ0) is 16.6. The van der Waals surface area contributed by atoms with Crippen molar-refractivity contribution in [3.05, 3.63) is 24.2 Å². The van der Waals surface area contributed by atoms with Gasteiger partial charge in [0.1, 0.15) is 5.76 Å². The van der Waals surface area contributed by atoms with Crippen LogP contribution in [-0.2, 0) is 11.2 Å². The first kappa shape index (κ1) is 17.3. The summed E-state index contributed by atoms with van der Waals surface area (Å²) in [7, 11) is 0. The minimum Gasteiger partial charge on any atom is -0.469 e. The summed E-state index contributed by atoms with van der Waals surface area (Å²) in [6, 6.07) is 4.59. The van der Waals surface area contributed by atoms with E-state index >= 15 is 0 Å². The minimum atomic E-state index is 0.632. The topological polar surface area (TPSA) is 53.2 Å². The van der Waals surface area contributed by atoms with Gasteiger partial charge in [-0.3, -0.25) is 9.89 Å². The third-order valence-electron chi connectivity index (χ3n) is 4.74. The van der Waals surface area contributed by atoms with Gasteiger partial charge in [0.15, 0.2) is 5.96 Å². The molecule has 2 saturated heterocycles. The molecule has 0 amide bonds. The Kier molecular flexibility index (Phi) is 6.55. The van der Waals surface area contributed by atoms with Crippen LogP contribution in [0.1, 0.15) is 25.5 Å². The molecule has 6 nitrogen and oxygen atoms in total. The molecule has 3 heterocycles. The highest BCUT2D eigenvalue weighted by molar-refractivity contribution is 5.80. The number of nitrogens with one attached hydrogen (secondary N) is 1. The highest BCUT2D eigenvalue weighted by Gasteiger charge is 2.30. The number of furan rings is 1. The second-order valence-electron chi connectivity index (χ2n) is 6.50.